The fourth-order valence-electron chi connectivity index (χ4n) is 3.61. The highest BCUT2D eigenvalue weighted by Gasteiger charge is 2.51. The van der Waals surface area contributed by atoms with Crippen LogP contribution in [0.15, 0.2) is 66.4 Å². The van der Waals surface area contributed by atoms with Gasteiger partial charge in [0.15, 0.2) is 0 Å². The highest BCUT2D eigenvalue weighted by molar-refractivity contribution is 6.55. The third-order valence-electron chi connectivity index (χ3n) is 6.26. The molecule has 1 atom stereocenters. The maximum Gasteiger partial charge on any atom is 0.494 e. The fourth-order valence-corrected chi connectivity index (χ4v) is 3.61. The van der Waals surface area contributed by atoms with Gasteiger partial charge >= 0.3 is 13.2 Å². The highest BCUT2D eigenvalue weighted by atomic mass is 16.7. The van der Waals surface area contributed by atoms with E-state index in [4.69, 9.17) is 14.0 Å². The van der Waals surface area contributed by atoms with Crippen molar-refractivity contribution >= 4 is 13.2 Å². The van der Waals surface area contributed by atoms with Gasteiger partial charge in [-0.25, -0.2) is 4.79 Å². The van der Waals surface area contributed by atoms with E-state index >= 15 is 0 Å². The summed E-state index contributed by atoms with van der Waals surface area (Å²) in [4.78, 5) is 14.3. The quantitative estimate of drug-likeness (QED) is 0.378. The SMILES string of the molecule is C=C(/C=C\C(=C/C)B1OC(C)(C)C(C)(C)O1)OC(=O)N1CCC(c2ccccc2)C1. The van der Waals surface area contributed by atoms with Gasteiger partial charge < -0.3 is 18.9 Å². The van der Waals surface area contributed by atoms with E-state index in [0.717, 1.165) is 11.9 Å². The number of nitrogens with zero attached hydrogens (tertiary/aromatic N) is 1. The Labute approximate surface area is 180 Å². The molecule has 0 aromatic heterocycles. The lowest BCUT2D eigenvalue weighted by atomic mass is 9.77. The summed E-state index contributed by atoms with van der Waals surface area (Å²) in [6, 6.07) is 10.3. The van der Waals surface area contributed by atoms with E-state index in [1.807, 2.05) is 65.0 Å². The first-order valence-corrected chi connectivity index (χ1v) is 10.5. The van der Waals surface area contributed by atoms with Crippen LogP contribution in [-0.2, 0) is 14.0 Å². The number of carbonyl (C=O) groups excluding carboxylic acids is 1. The zero-order chi connectivity index (χ0) is 21.9. The van der Waals surface area contributed by atoms with Crippen LogP contribution in [0.4, 0.5) is 4.79 Å². The lowest BCUT2D eigenvalue weighted by molar-refractivity contribution is 0.00578. The summed E-state index contributed by atoms with van der Waals surface area (Å²) in [5, 5.41) is 0. The number of amides is 1. The molecule has 6 heteroatoms. The standard InChI is InChI=1S/C24H32BNO4/c1-7-21(25-29-23(3,4)24(5,6)30-25)14-13-18(2)28-22(27)26-16-15-20(17-26)19-11-9-8-10-12-19/h7-14,20H,2,15-17H2,1,3-6H3/b14-13-,21-7+. The van der Waals surface area contributed by atoms with Gasteiger partial charge in [0.25, 0.3) is 0 Å². The Morgan fingerprint density at radius 3 is 2.40 bits per heavy atom. The molecule has 0 aliphatic carbocycles. The predicted molar refractivity (Wildman–Crippen MR) is 120 cm³/mol. The van der Waals surface area contributed by atoms with Crippen LogP contribution in [0.25, 0.3) is 0 Å². The first kappa shape index (κ1) is 22.4. The third kappa shape index (κ3) is 4.88. The summed E-state index contributed by atoms with van der Waals surface area (Å²) in [6.07, 6.45) is 6.02. The second-order valence-electron chi connectivity index (χ2n) is 8.89. The van der Waals surface area contributed by atoms with Crippen LogP contribution in [0.3, 0.4) is 0 Å². The number of allylic oxidation sites excluding steroid dienone is 4. The molecule has 2 saturated heterocycles. The number of rotatable bonds is 5. The van der Waals surface area contributed by atoms with Crippen molar-refractivity contribution in [3.05, 3.63) is 71.9 Å². The highest BCUT2D eigenvalue weighted by Crippen LogP contribution is 2.38. The van der Waals surface area contributed by atoms with Crippen LogP contribution in [0.1, 0.15) is 52.5 Å². The normalized spacial score (nSPS) is 23.2. The minimum Gasteiger partial charge on any atom is -0.411 e. The Kier molecular flexibility index (Phi) is 6.58. The van der Waals surface area contributed by atoms with E-state index in [0.29, 0.717) is 24.8 Å². The van der Waals surface area contributed by atoms with Crippen molar-refractivity contribution in [1.82, 2.24) is 4.90 Å². The molecule has 0 N–H and O–H groups in total. The summed E-state index contributed by atoms with van der Waals surface area (Å²) in [5.74, 6) is 0.639. The lowest BCUT2D eigenvalue weighted by Gasteiger charge is -2.32. The van der Waals surface area contributed by atoms with Gasteiger partial charge in [-0.3, -0.25) is 0 Å². The molecule has 0 spiro atoms. The van der Waals surface area contributed by atoms with Gasteiger partial charge in [-0.05, 0) is 58.2 Å². The van der Waals surface area contributed by atoms with Gasteiger partial charge in [0, 0.05) is 19.0 Å². The van der Waals surface area contributed by atoms with Crippen molar-refractivity contribution in [1.29, 1.82) is 0 Å². The Morgan fingerprint density at radius 1 is 1.17 bits per heavy atom. The van der Waals surface area contributed by atoms with E-state index in [-0.39, 0.29) is 6.09 Å². The summed E-state index contributed by atoms with van der Waals surface area (Å²) in [7, 11) is -0.468. The van der Waals surface area contributed by atoms with Crippen LogP contribution in [0, 0.1) is 0 Å². The molecule has 1 amide bonds. The molecule has 0 radical (unpaired) electrons. The first-order valence-electron chi connectivity index (χ1n) is 10.5. The summed E-state index contributed by atoms with van der Waals surface area (Å²) < 4.78 is 17.6. The molecule has 1 aromatic carbocycles. The van der Waals surface area contributed by atoms with Crippen LogP contribution < -0.4 is 0 Å². The molecular weight excluding hydrogens is 377 g/mol. The van der Waals surface area contributed by atoms with Crippen molar-refractivity contribution in [2.45, 2.75) is 58.2 Å². The maximum atomic E-state index is 12.5. The van der Waals surface area contributed by atoms with E-state index in [1.165, 1.54) is 5.56 Å². The van der Waals surface area contributed by atoms with Gasteiger partial charge in [-0.1, -0.05) is 49.1 Å². The molecule has 1 unspecified atom stereocenters. The van der Waals surface area contributed by atoms with E-state index in [2.05, 4.69) is 18.7 Å². The number of carbonyl (C=O) groups is 1. The van der Waals surface area contributed by atoms with Gasteiger partial charge in [-0.15, -0.1) is 0 Å². The summed E-state index contributed by atoms with van der Waals surface area (Å²) in [5.41, 5.74) is 1.30. The molecule has 0 bridgehead atoms. The molecule has 2 fully saturated rings. The second-order valence-corrected chi connectivity index (χ2v) is 8.89. The number of hydrogen-bond acceptors (Lipinski definition) is 4. The van der Waals surface area contributed by atoms with Gasteiger partial charge in [0.05, 0.1) is 11.2 Å². The molecule has 2 aliphatic heterocycles. The molecule has 2 aliphatic rings. The Bertz CT molecular complexity index is 828. The zero-order valence-corrected chi connectivity index (χ0v) is 18.7. The van der Waals surface area contributed by atoms with Crippen molar-refractivity contribution in [2.24, 2.45) is 0 Å². The Hall–Kier alpha value is -2.31. The molecule has 3 rings (SSSR count). The maximum absolute atomic E-state index is 12.5. The fraction of sp³-hybridized carbons (Fsp3) is 0.458. The molecular formula is C24H32BNO4. The van der Waals surface area contributed by atoms with Crippen molar-refractivity contribution in [3.8, 4) is 0 Å². The van der Waals surface area contributed by atoms with Crippen molar-refractivity contribution in [2.75, 3.05) is 13.1 Å². The van der Waals surface area contributed by atoms with Gasteiger partial charge in [0.2, 0.25) is 0 Å². The van der Waals surface area contributed by atoms with Crippen molar-refractivity contribution in [3.63, 3.8) is 0 Å². The largest absolute Gasteiger partial charge is 0.494 e. The monoisotopic (exact) mass is 409 g/mol. The average Bonchev–Trinajstić information content (AvgIpc) is 3.26. The number of benzene rings is 1. The van der Waals surface area contributed by atoms with E-state index < -0.39 is 18.3 Å². The molecule has 160 valence electrons. The summed E-state index contributed by atoms with van der Waals surface area (Å²) >= 11 is 0. The molecule has 0 saturated carbocycles. The average molecular weight is 409 g/mol. The minimum absolute atomic E-state index is 0.291. The molecule has 2 heterocycles. The van der Waals surface area contributed by atoms with Crippen LogP contribution in [-0.4, -0.2) is 42.4 Å². The Balaban J connectivity index is 1.53. The smallest absolute Gasteiger partial charge is 0.411 e. The number of likely N-dealkylation sites (tertiary alicyclic amines) is 1. The van der Waals surface area contributed by atoms with Gasteiger partial charge in [0.1, 0.15) is 5.76 Å². The van der Waals surface area contributed by atoms with Crippen LogP contribution in [0.5, 0.6) is 0 Å². The minimum atomic E-state index is -0.468. The van der Waals surface area contributed by atoms with Crippen molar-refractivity contribution < 1.29 is 18.8 Å². The predicted octanol–water partition coefficient (Wildman–Crippen LogP) is 5.26. The van der Waals surface area contributed by atoms with E-state index in [1.54, 1.807) is 11.0 Å². The lowest BCUT2D eigenvalue weighted by Crippen LogP contribution is -2.41. The first-order chi connectivity index (χ1) is 14.1. The topological polar surface area (TPSA) is 48.0 Å². The number of ether oxygens (including phenoxy) is 1. The van der Waals surface area contributed by atoms with Crippen LogP contribution >= 0.6 is 0 Å². The number of hydrogen-bond donors (Lipinski definition) is 0. The van der Waals surface area contributed by atoms with Gasteiger partial charge in [-0.2, -0.15) is 0 Å². The molecule has 5 nitrogen and oxygen atoms in total. The second kappa shape index (κ2) is 8.82. The third-order valence-corrected chi connectivity index (χ3v) is 6.26. The summed E-state index contributed by atoms with van der Waals surface area (Å²) in [6.45, 7) is 15.2. The zero-order valence-electron chi connectivity index (χ0n) is 18.7. The van der Waals surface area contributed by atoms with E-state index in [9.17, 15) is 4.79 Å². The van der Waals surface area contributed by atoms with Crippen LogP contribution in [0.2, 0.25) is 0 Å². The molecule has 30 heavy (non-hydrogen) atoms. The molecule has 1 aromatic rings. The Morgan fingerprint density at radius 2 is 1.80 bits per heavy atom.